The third-order valence-electron chi connectivity index (χ3n) is 4.79. The molecule has 120 valence electrons. The summed E-state index contributed by atoms with van der Waals surface area (Å²) in [6.45, 7) is 7.62. The van der Waals surface area contributed by atoms with Gasteiger partial charge < -0.3 is 4.57 Å². The molecule has 0 fully saturated rings. The lowest BCUT2D eigenvalue weighted by Crippen LogP contribution is -2.30. The van der Waals surface area contributed by atoms with Crippen molar-refractivity contribution >= 4 is 11.0 Å². The van der Waals surface area contributed by atoms with Crippen LogP contribution in [0.1, 0.15) is 26.0 Å². The first-order valence-corrected chi connectivity index (χ1v) is 8.36. The average molecular weight is 309 g/mol. The summed E-state index contributed by atoms with van der Waals surface area (Å²) in [6.07, 6.45) is 1.15. The smallest absolute Gasteiger partial charge is 0.161 e. The second-order valence-corrected chi connectivity index (χ2v) is 6.64. The molecule has 2 aromatic heterocycles. The molecule has 0 saturated heterocycles. The molecule has 3 aromatic rings. The van der Waals surface area contributed by atoms with E-state index in [1.54, 1.807) is 0 Å². The standard InChI is InChI=1S/C18H23N5/c1-13(2)22-9-6-10-23-14(12-22)11-16(20-23)18-19-15-7-4-5-8-17(15)21(18)3/h4-5,7-8,11,13H,6,9-10,12H2,1-3H3. The van der Waals surface area contributed by atoms with E-state index in [-0.39, 0.29) is 0 Å². The third-order valence-corrected chi connectivity index (χ3v) is 4.79. The lowest BCUT2D eigenvalue weighted by Gasteiger charge is -2.23. The van der Waals surface area contributed by atoms with Gasteiger partial charge in [0.2, 0.25) is 0 Å². The van der Waals surface area contributed by atoms with Crippen molar-refractivity contribution in [2.75, 3.05) is 6.54 Å². The Hall–Kier alpha value is -2.14. The molecule has 0 atom stereocenters. The van der Waals surface area contributed by atoms with Gasteiger partial charge in [0, 0.05) is 32.7 Å². The molecular formula is C18H23N5. The predicted molar refractivity (Wildman–Crippen MR) is 92.1 cm³/mol. The fourth-order valence-electron chi connectivity index (χ4n) is 3.41. The molecule has 1 aromatic carbocycles. The van der Waals surface area contributed by atoms with Gasteiger partial charge in [-0.1, -0.05) is 12.1 Å². The van der Waals surface area contributed by atoms with E-state index >= 15 is 0 Å². The maximum absolute atomic E-state index is 4.84. The monoisotopic (exact) mass is 309 g/mol. The minimum atomic E-state index is 0.565. The Labute approximate surface area is 136 Å². The second-order valence-electron chi connectivity index (χ2n) is 6.64. The van der Waals surface area contributed by atoms with Crippen molar-refractivity contribution in [3.63, 3.8) is 0 Å². The van der Waals surface area contributed by atoms with E-state index in [2.05, 4.69) is 59.3 Å². The number of benzene rings is 1. The average Bonchev–Trinajstić information content (AvgIpc) is 3.02. The second kappa shape index (κ2) is 5.49. The van der Waals surface area contributed by atoms with E-state index in [1.807, 2.05) is 6.07 Å². The summed E-state index contributed by atoms with van der Waals surface area (Å²) < 4.78 is 4.30. The molecule has 0 saturated carbocycles. The molecule has 5 nitrogen and oxygen atoms in total. The van der Waals surface area contributed by atoms with Crippen LogP contribution in [-0.4, -0.2) is 36.8 Å². The van der Waals surface area contributed by atoms with Gasteiger partial charge in [0.1, 0.15) is 5.69 Å². The van der Waals surface area contributed by atoms with Crippen molar-refractivity contribution in [1.82, 2.24) is 24.2 Å². The summed E-state index contributed by atoms with van der Waals surface area (Å²) in [6, 6.07) is 11.0. The van der Waals surface area contributed by atoms with Crippen LogP contribution in [0.25, 0.3) is 22.6 Å². The van der Waals surface area contributed by atoms with Crippen molar-refractivity contribution in [3.05, 3.63) is 36.0 Å². The van der Waals surface area contributed by atoms with Gasteiger partial charge in [-0.3, -0.25) is 9.58 Å². The van der Waals surface area contributed by atoms with Gasteiger partial charge in [0.25, 0.3) is 0 Å². The van der Waals surface area contributed by atoms with E-state index < -0.39 is 0 Å². The molecule has 0 spiro atoms. The Morgan fingerprint density at radius 2 is 1.96 bits per heavy atom. The van der Waals surface area contributed by atoms with Crippen molar-refractivity contribution in [2.45, 2.75) is 39.4 Å². The van der Waals surface area contributed by atoms with Crippen molar-refractivity contribution < 1.29 is 0 Å². The van der Waals surface area contributed by atoms with Gasteiger partial charge in [-0.25, -0.2) is 4.98 Å². The molecule has 0 bridgehead atoms. The highest BCUT2D eigenvalue weighted by Crippen LogP contribution is 2.25. The molecule has 1 aliphatic rings. The molecule has 0 N–H and O–H groups in total. The number of nitrogens with zero attached hydrogens (tertiary/aromatic N) is 5. The fraction of sp³-hybridized carbons (Fsp3) is 0.444. The zero-order chi connectivity index (χ0) is 16.0. The van der Waals surface area contributed by atoms with Gasteiger partial charge >= 0.3 is 0 Å². The van der Waals surface area contributed by atoms with Crippen LogP contribution in [0.4, 0.5) is 0 Å². The summed E-state index contributed by atoms with van der Waals surface area (Å²) in [5.74, 6) is 0.947. The first-order valence-electron chi connectivity index (χ1n) is 8.36. The van der Waals surface area contributed by atoms with E-state index in [0.29, 0.717) is 6.04 Å². The molecule has 5 heteroatoms. The topological polar surface area (TPSA) is 38.9 Å². The summed E-state index contributed by atoms with van der Waals surface area (Å²) in [5.41, 5.74) is 4.44. The van der Waals surface area contributed by atoms with Crippen molar-refractivity contribution in [1.29, 1.82) is 0 Å². The van der Waals surface area contributed by atoms with E-state index in [0.717, 1.165) is 48.6 Å². The number of imidazole rings is 1. The Morgan fingerprint density at radius 1 is 1.13 bits per heavy atom. The Bertz CT molecular complexity index is 842. The first kappa shape index (κ1) is 14.5. The molecule has 0 radical (unpaired) electrons. The number of fused-ring (bicyclic) bond motifs is 2. The largest absolute Gasteiger partial charge is 0.326 e. The molecule has 3 heterocycles. The minimum absolute atomic E-state index is 0.565. The molecule has 0 unspecified atom stereocenters. The van der Waals surface area contributed by atoms with Crippen LogP contribution in [0, 0.1) is 0 Å². The Balaban J connectivity index is 1.76. The molecule has 23 heavy (non-hydrogen) atoms. The van der Waals surface area contributed by atoms with E-state index in [4.69, 9.17) is 10.1 Å². The van der Waals surface area contributed by atoms with Crippen LogP contribution in [0.5, 0.6) is 0 Å². The summed E-state index contributed by atoms with van der Waals surface area (Å²) in [7, 11) is 2.07. The van der Waals surface area contributed by atoms with Crippen molar-refractivity contribution in [2.24, 2.45) is 7.05 Å². The minimum Gasteiger partial charge on any atom is -0.326 e. The molecule has 4 rings (SSSR count). The zero-order valence-electron chi connectivity index (χ0n) is 14.0. The summed E-state index contributed by atoms with van der Waals surface area (Å²) in [4.78, 5) is 7.29. The quantitative estimate of drug-likeness (QED) is 0.730. The maximum Gasteiger partial charge on any atom is 0.161 e. The Kier molecular flexibility index (Phi) is 3.45. The number of hydrogen-bond acceptors (Lipinski definition) is 3. The van der Waals surface area contributed by atoms with Crippen LogP contribution in [0.2, 0.25) is 0 Å². The van der Waals surface area contributed by atoms with Crippen LogP contribution in [0.3, 0.4) is 0 Å². The highest BCUT2D eigenvalue weighted by atomic mass is 15.3. The number of hydrogen-bond donors (Lipinski definition) is 0. The number of aryl methyl sites for hydroxylation is 2. The van der Waals surface area contributed by atoms with Gasteiger partial charge in [0.05, 0.1) is 16.7 Å². The van der Waals surface area contributed by atoms with Gasteiger partial charge in [-0.2, -0.15) is 5.10 Å². The van der Waals surface area contributed by atoms with Crippen LogP contribution >= 0.6 is 0 Å². The maximum atomic E-state index is 4.84. The van der Waals surface area contributed by atoms with Crippen molar-refractivity contribution in [3.8, 4) is 11.5 Å². The lowest BCUT2D eigenvalue weighted by molar-refractivity contribution is 0.216. The van der Waals surface area contributed by atoms with Gasteiger partial charge in [-0.05, 0) is 38.5 Å². The van der Waals surface area contributed by atoms with E-state index in [1.165, 1.54) is 5.69 Å². The van der Waals surface area contributed by atoms with E-state index in [9.17, 15) is 0 Å². The third kappa shape index (κ3) is 2.45. The Morgan fingerprint density at radius 3 is 2.74 bits per heavy atom. The molecule has 1 aliphatic heterocycles. The fourth-order valence-corrected chi connectivity index (χ4v) is 3.41. The predicted octanol–water partition coefficient (Wildman–Crippen LogP) is 3.05. The number of aromatic nitrogens is 4. The number of rotatable bonds is 2. The summed E-state index contributed by atoms with van der Waals surface area (Å²) in [5, 5.41) is 4.84. The SMILES string of the molecule is CC(C)N1CCCn2nc(-c3nc4ccccc4n3C)cc2C1. The van der Waals surface area contributed by atoms with Crippen LogP contribution in [-0.2, 0) is 20.1 Å². The molecule has 0 aliphatic carbocycles. The summed E-state index contributed by atoms with van der Waals surface area (Å²) >= 11 is 0. The lowest BCUT2D eigenvalue weighted by atomic mass is 10.2. The first-order chi connectivity index (χ1) is 11.1. The van der Waals surface area contributed by atoms with Crippen LogP contribution < -0.4 is 0 Å². The van der Waals surface area contributed by atoms with Gasteiger partial charge in [-0.15, -0.1) is 0 Å². The molecule has 0 amide bonds. The highest BCUT2D eigenvalue weighted by Gasteiger charge is 2.20. The number of para-hydroxylation sites is 2. The van der Waals surface area contributed by atoms with Crippen LogP contribution in [0.15, 0.2) is 30.3 Å². The highest BCUT2D eigenvalue weighted by molar-refractivity contribution is 5.79. The zero-order valence-corrected chi connectivity index (χ0v) is 14.0. The van der Waals surface area contributed by atoms with Gasteiger partial charge in [0.15, 0.2) is 5.82 Å². The molecular weight excluding hydrogens is 286 g/mol. The normalized spacial score (nSPS) is 16.0.